The summed E-state index contributed by atoms with van der Waals surface area (Å²) in [4.78, 5) is 0. The third-order valence-electron chi connectivity index (χ3n) is 4.07. The molecule has 0 spiro atoms. The van der Waals surface area contributed by atoms with Crippen LogP contribution in [0.1, 0.15) is 24.5 Å². The van der Waals surface area contributed by atoms with Gasteiger partial charge in [-0.2, -0.15) is 0 Å². The van der Waals surface area contributed by atoms with Gasteiger partial charge in [-0.25, -0.2) is 0 Å². The second kappa shape index (κ2) is 6.43. The second-order valence-electron chi connectivity index (χ2n) is 5.21. The van der Waals surface area contributed by atoms with E-state index in [4.69, 9.17) is 19.9 Å². The number of benzene rings is 1. The van der Waals surface area contributed by atoms with Crippen molar-refractivity contribution in [2.24, 2.45) is 11.1 Å². The van der Waals surface area contributed by atoms with E-state index in [9.17, 15) is 5.11 Å². The molecule has 0 aliphatic carbocycles. The molecule has 0 radical (unpaired) electrons. The Kier molecular flexibility index (Phi) is 4.86. The molecule has 0 saturated carbocycles. The highest BCUT2D eigenvalue weighted by Gasteiger charge is 2.41. The Balaban J connectivity index is 2.38. The van der Waals surface area contributed by atoms with E-state index in [0.717, 1.165) is 19.4 Å². The Labute approximate surface area is 119 Å². The molecule has 1 saturated heterocycles. The summed E-state index contributed by atoms with van der Waals surface area (Å²) in [5.74, 6) is 1.16. The van der Waals surface area contributed by atoms with Crippen LogP contribution in [0.2, 0.25) is 0 Å². The molecule has 2 rings (SSSR count). The van der Waals surface area contributed by atoms with Crippen LogP contribution in [0.15, 0.2) is 18.2 Å². The van der Waals surface area contributed by atoms with Gasteiger partial charge in [-0.15, -0.1) is 0 Å². The van der Waals surface area contributed by atoms with Crippen molar-refractivity contribution in [2.75, 3.05) is 34.0 Å². The Morgan fingerprint density at radius 2 is 2.20 bits per heavy atom. The van der Waals surface area contributed by atoms with Crippen LogP contribution in [0.3, 0.4) is 0 Å². The summed E-state index contributed by atoms with van der Waals surface area (Å²) < 4.78 is 16.2. The van der Waals surface area contributed by atoms with Crippen LogP contribution in [0.25, 0.3) is 0 Å². The van der Waals surface area contributed by atoms with Crippen molar-refractivity contribution in [2.45, 2.75) is 18.9 Å². The molecule has 1 aromatic rings. The monoisotopic (exact) mass is 281 g/mol. The topological polar surface area (TPSA) is 73.9 Å². The van der Waals surface area contributed by atoms with Gasteiger partial charge in [-0.3, -0.25) is 0 Å². The lowest BCUT2D eigenvalue weighted by atomic mass is 9.74. The summed E-state index contributed by atoms with van der Waals surface area (Å²) in [5, 5.41) is 10.8. The van der Waals surface area contributed by atoms with E-state index in [2.05, 4.69) is 0 Å². The predicted molar refractivity (Wildman–Crippen MR) is 76.0 cm³/mol. The van der Waals surface area contributed by atoms with Crippen molar-refractivity contribution in [1.29, 1.82) is 0 Å². The molecule has 2 unspecified atom stereocenters. The van der Waals surface area contributed by atoms with E-state index in [1.54, 1.807) is 14.2 Å². The number of aliphatic hydroxyl groups excluding tert-OH is 1. The molecule has 1 heterocycles. The average molecular weight is 281 g/mol. The number of methoxy groups -OCH3 is 2. The fraction of sp³-hybridized carbons (Fsp3) is 0.600. The number of rotatable bonds is 5. The first kappa shape index (κ1) is 15.1. The summed E-state index contributed by atoms with van der Waals surface area (Å²) in [5.41, 5.74) is 6.16. The number of ether oxygens (including phenoxy) is 3. The molecule has 1 aromatic carbocycles. The van der Waals surface area contributed by atoms with Gasteiger partial charge in [0.25, 0.3) is 0 Å². The highest BCUT2D eigenvalue weighted by atomic mass is 16.5. The molecule has 1 aliphatic rings. The summed E-state index contributed by atoms with van der Waals surface area (Å²) in [6, 6.07) is 5.49. The first-order valence-corrected chi connectivity index (χ1v) is 6.85. The maximum Gasteiger partial charge on any atom is 0.166 e. The predicted octanol–water partition coefficient (Wildman–Crippen LogP) is 1.49. The van der Waals surface area contributed by atoms with Gasteiger partial charge in [0.05, 0.1) is 26.9 Å². The fourth-order valence-electron chi connectivity index (χ4n) is 2.82. The van der Waals surface area contributed by atoms with E-state index in [1.807, 2.05) is 18.2 Å². The average Bonchev–Trinajstić information content (AvgIpc) is 2.53. The highest BCUT2D eigenvalue weighted by molar-refractivity contribution is 5.48. The quantitative estimate of drug-likeness (QED) is 0.855. The highest BCUT2D eigenvalue weighted by Crippen LogP contribution is 2.45. The van der Waals surface area contributed by atoms with Crippen LogP contribution in [-0.4, -0.2) is 39.1 Å². The molecule has 0 aromatic heterocycles. The lowest BCUT2D eigenvalue weighted by Gasteiger charge is -2.40. The molecule has 0 amide bonds. The molecule has 20 heavy (non-hydrogen) atoms. The summed E-state index contributed by atoms with van der Waals surface area (Å²) in [7, 11) is 3.15. The van der Waals surface area contributed by atoms with Crippen LogP contribution in [-0.2, 0) is 4.74 Å². The third kappa shape index (κ3) is 2.61. The summed E-state index contributed by atoms with van der Waals surface area (Å²) in [6.45, 7) is 1.56. The van der Waals surface area contributed by atoms with Crippen molar-refractivity contribution < 1.29 is 19.3 Å². The van der Waals surface area contributed by atoms with Gasteiger partial charge >= 0.3 is 0 Å². The zero-order valence-electron chi connectivity index (χ0n) is 12.1. The molecule has 5 heteroatoms. The van der Waals surface area contributed by atoms with E-state index < -0.39 is 11.5 Å². The molecular formula is C15H23NO4. The van der Waals surface area contributed by atoms with Crippen LogP contribution in [0.5, 0.6) is 11.5 Å². The molecule has 5 nitrogen and oxygen atoms in total. The first-order valence-electron chi connectivity index (χ1n) is 6.85. The smallest absolute Gasteiger partial charge is 0.166 e. The van der Waals surface area contributed by atoms with Crippen molar-refractivity contribution in [3.05, 3.63) is 23.8 Å². The van der Waals surface area contributed by atoms with E-state index in [1.165, 1.54) is 0 Å². The normalized spacial score (nSPS) is 24.2. The Morgan fingerprint density at radius 1 is 1.40 bits per heavy atom. The number of nitrogens with two attached hydrogens (primary N) is 1. The Bertz CT molecular complexity index is 443. The second-order valence-corrected chi connectivity index (χ2v) is 5.21. The molecule has 2 atom stereocenters. The van der Waals surface area contributed by atoms with Crippen LogP contribution < -0.4 is 15.2 Å². The van der Waals surface area contributed by atoms with Gasteiger partial charge in [-0.05, 0) is 18.9 Å². The Morgan fingerprint density at radius 3 is 2.75 bits per heavy atom. The zero-order valence-corrected chi connectivity index (χ0v) is 12.1. The van der Waals surface area contributed by atoms with Crippen molar-refractivity contribution in [3.63, 3.8) is 0 Å². The van der Waals surface area contributed by atoms with E-state index in [-0.39, 0.29) is 0 Å². The van der Waals surface area contributed by atoms with E-state index in [0.29, 0.717) is 30.2 Å². The largest absolute Gasteiger partial charge is 0.493 e. The number of aliphatic hydroxyl groups is 1. The van der Waals surface area contributed by atoms with Crippen LogP contribution >= 0.6 is 0 Å². The maximum absolute atomic E-state index is 10.8. The van der Waals surface area contributed by atoms with Gasteiger partial charge in [0.15, 0.2) is 11.5 Å². The first-order chi connectivity index (χ1) is 9.68. The van der Waals surface area contributed by atoms with Gasteiger partial charge in [0.1, 0.15) is 0 Å². The number of para-hydroxylation sites is 1. The SMILES string of the molecule is COc1cccc(C(O)C2(CN)CCCOC2)c1OC. The molecule has 3 N–H and O–H groups in total. The van der Waals surface area contributed by atoms with Crippen LogP contribution in [0.4, 0.5) is 0 Å². The van der Waals surface area contributed by atoms with Gasteiger partial charge in [-0.1, -0.05) is 12.1 Å². The van der Waals surface area contributed by atoms with Gasteiger partial charge < -0.3 is 25.1 Å². The fourth-order valence-corrected chi connectivity index (χ4v) is 2.82. The van der Waals surface area contributed by atoms with Crippen molar-refractivity contribution >= 4 is 0 Å². The zero-order chi connectivity index (χ0) is 14.6. The molecule has 112 valence electrons. The molecular weight excluding hydrogens is 258 g/mol. The number of hydrogen-bond acceptors (Lipinski definition) is 5. The van der Waals surface area contributed by atoms with Gasteiger partial charge in [0.2, 0.25) is 0 Å². The van der Waals surface area contributed by atoms with E-state index >= 15 is 0 Å². The lowest BCUT2D eigenvalue weighted by molar-refractivity contribution is -0.0788. The third-order valence-corrected chi connectivity index (χ3v) is 4.07. The Hall–Kier alpha value is -1.30. The standard InChI is InChI=1S/C15H23NO4/c1-18-12-6-3-5-11(13(12)19-2)14(17)15(9-16)7-4-8-20-10-15/h3,5-6,14,17H,4,7-10,16H2,1-2H3. The van der Waals surface area contributed by atoms with Crippen LogP contribution in [0, 0.1) is 5.41 Å². The molecule has 0 bridgehead atoms. The van der Waals surface area contributed by atoms with Gasteiger partial charge in [0, 0.05) is 24.1 Å². The lowest BCUT2D eigenvalue weighted by Crippen LogP contribution is -2.43. The summed E-state index contributed by atoms with van der Waals surface area (Å²) >= 11 is 0. The van der Waals surface area contributed by atoms with Crippen molar-refractivity contribution in [3.8, 4) is 11.5 Å². The minimum absolute atomic E-state index is 0.370. The minimum Gasteiger partial charge on any atom is -0.493 e. The summed E-state index contributed by atoms with van der Waals surface area (Å²) in [6.07, 6.45) is 1.00. The number of hydrogen-bond donors (Lipinski definition) is 2. The minimum atomic E-state index is -0.738. The molecule has 1 aliphatic heterocycles. The molecule has 1 fully saturated rings. The maximum atomic E-state index is 10.8. The van der Waals surface area contributed by atoms with Crippen molar-refractivity contribution in [1.82, 2.24) is 0 Å².